The summed E-state index contributed by atoms with van der Waals surface area (Å²) in [5.74, 6) is 0.239. The molecule has 0 amide bonds. The third-order valence-electron chi connectivity index (χ3n) is 2.89. The Morgan fingerprint density at radius 3 is 3.17 bits per heavy atom. The summed E-state index contributed by atoms with van der Waals surface area (Å²) in [6.45, 7) is 1.75. The van der Waals surface area contributed by atoms with Gasteiger partial charge in [-0.2, -0.15) is 0 Å². The van der Waals surface area contributed by atoms with E-state index in [-0.39, 0.29) is 5.82 Å². The summed E-state index contributed by atoms with van der Waals surface area (Å²) >= 11 is 0. The third-order valence-corrected chi connectivity index (χ3v) is 2.89. The van der Waals surface area contributed by atoms with Crippen LogP contribution in [0.4, 0.5) is 16.0 Å². The average Bonchev–Trinajstić information content (AvgIpc) is 2.39. The molecule has 1 aliphatic heterocycles. The fourth-order valence-corrected chi connectivity index (χ4v) is 1.99. The molecule has 1 aromatic heterocycles. The highest BCUT2D eigenvalue weighted by atomic mass is 19.1. The first-order valence-electron chi connectivity index (χ1n) is 5.89. The van der Waals surface area contributed by atoms with E-state index in [9.17, 15) is 4.39 Å². The van der Waals surface area contributed by atoms with E-state index < -0.39 is 0 Å². The molecule has 0 bridgehead atoms. The number of fused-ring (bicyclic) bond motifs is 1. The van der Waals surface area contributed by atoms with Gasteiger partial charge in [0.1, 0.15) is 5.82 Å². The van der Waals surface area contributed by atoms with Crippen LogP contribution in [-0.4, -0.2) is 16.5 Å². The second-order valence-electron chi connectivity index (χ2n) is 4.23. The van der Waals surface area contributed by atoms with Crippen molar-refractivity contribution in [3.63, 3.8) is 0 Å². The number of rotatable bonds is 2. The lowest BCUT2D eigenvalue weighted by molar-refractivity contribution is 0.626. The fraction of sp³-hybridized carbons (Fsp3) is 0.231. The van der Waals surface area contributed by atoms with E-state index in [2.05, 4.69) is 20.6 Å². The number of hydrogen-bond donors (Lipinski definition) is 2. The second kappa shape index (κ2) is 4.70. The molecule has 18 heavy (non-hydrogen) atoms. The van der Waals surface area contributed by atoms with Gasteiger partial charge >= 0.3 is 0 Å². The summed E-state index contributed by atoms with van der Waals surface area (Å²) in [6, 6.07) is 6.27. The molecule has 0 unspecified atom stereocenters. The summed E-state index contributed by atoms with van der Waals surface area (Å²) < 4.78 is 13.1. The Labute approximate surface area is 104 Å². The highest BCUT2D eigenvalue weighted by Gasteiger charge is 2.11. The van der Waals surface area contributed by atoms with Crippen LogP contribution in [0.15, 0.2) is 30.5 Å². The molecule has 1 aliphatic rings. The van der Waals surface area contributed by atoms with Gasteiger partial charge in [0.2, 0.25) is 5.95 Å². The van der Waals surface area contributed by atoms with Crippen LogP contribution in [0.3, 0.4) is 0 Å². The number of benzene rings is 1. The van der Waals surface area contributed by atoms with Gasteiger partial charge in [0.15, 0.2) is 0 Å². The first kappa shape index (κ1) is 11.1. The Morgan fingerprint density at radius 1 is 1.33 bits per heavy atom. The van der Waals surface area contributed by atoms with Gasteiger partial charge in [0.05, 0.1) is 5.69 Å². The lowest BCUT2D eigenvalue weighted by Gasteiger charge is -2.16. The molecule has 1 aromatic carbocycles. The first-order valence-corrected chi connectivity index (χ1v) is 5.89. The molecule has 0 spiro atoms. The van der Waals surface area contributed by atoms with E-state index in [1.54, 1.807) is 12.1 Å². The van der Waals surface area contributed by atoms with Crippen molar-refractivity contribution in [2.45, 2.75) is 13.0 Å². The molecule has 92 valence electrons. The second-order valence-corrected chi connectivity index (χ2v) is 4.23. The number of nitrogens with one attached hydrogen (secondary N) is 2. The van der Waals surface area contributed by atoms with Crippen molar-refractivity contribution in [2.24, 2.45) is 0 Å². The van der Waals surface area contributed by atoms with Crippen molar-refractivity contribution in [3.05, 3.63) is 47.5 Å². The maximum atomic E-state index is 13.1. The van der Waals surface area contributed by atoms with Crippen molar-refractivity contribution in [3.8, 4) is 0 Å². The minimum Gasteiger partial charge on any atom is -0.324 e. The SMILES string of the molecule is Fc1cccc(Nc2ncc3c(n2)CCNC3)c1. The smallest absolute Gasteiger partial charge is 0.227 e. The lowest BCUT2D eigenvalue weighted by Crippen LogP contribution is -2.25. The summed E-state index contributed by atoms with van der Waals surface area (Å²) in [5, 5.41) is 6.28. The normalized spacial score (nSPS) is 14.1. The molecular formula is C13H13FN4. The van der Waals surface area contributed by atoms with Crippen LogP contribution in [0.1, 0.15) is 11.3 Å². The third kappa shape index (κ3) is 2.31. The highest BCUT2D eigenvalue weighted by molar-refractivity contribution is 5.53. The lowest BCUT2D eigenvalue weighted by atomic mass is 10.1. The molecule has 0 saturated carbocycles. The Kier molecular flexibility index (Phi) is 2.90. The van der Waals surface area contributed by atoms with E-state index in [0.717, 1.165) is 30.8 Å². The van der Waals surface area contributed by atoms with Gasteiger partial charge in [-0.25, -0.2) is 14.4 Å². The fourth-order valence-electron chi connectivity index (χ4n) is 1.99. The van der Waals surface area contributed by atoms with Gasteiger partial charge in [0, 0.05) is 37.0 Å². The molecule has 0 fully saturated rings. The zero-order chi connectivity index (χ0) is 12.4. The largest absolute Gasteiger partial charge is 0.324 e. The van der Waals surface area contributed by atoms with E-state index in [4.69, 9.17) is 0 Å². The van der Waals surface area contributed by atoms with Gasteiger partial charge in [0.25, 0.3) is 0 Å². The van der Waals surface area contributed by atoms with Gasteiger partial charge < -0.3 is 10.6 Å². The predicted octanol–water partition coefficient (Wildman–Crippen LogP) is 2.00. The molecule has 0 saturated heterocycles. The van der Waals surface area contributed by atoms with Crippen LogP contribution in [0.5, 0.6) is 0 Å². The van der Waals surface area contributed by atoms with E-state index in [1.807, 2.05) is 6.20 Å². The summed E-state index contributed by atoms with van der Waals surface area (Å²) in [7, 11) is 0. The molecule has 5 heteroatoms. The van der Waals surface area contributed by atoms with Crippen LogP contribution in [-0.2, 0) is 13.0 Å². The van der Waals surface area contributed by atoms with E-state index in [1.165, 1.54) is 12.1 Å². The molecule has 2 N–H and O–H groups in total. The van der Waals surface area contributed by atoms with Crippen LogP contribution in [0.25, 0.3) is 0 Å². The van der Waals surface area contributed by atoms with E-state index >= 15 is 0 Å². The van der Waals surface area contributed by atoms with E-state index in [0.29, 0.717) is 11.6 Å². The summed E-state index contributed by atoms with van der Waals surface area (Å²) in [4.78, 5) is 8.69. The minimum atomic E-state index is -0.276. The molecular weight excluding hydrogens is 231 g/mol. The Morgan fingerprint density at radius 2 is 2.28 bits per heavy atom. The molecule has 0 aliphatic carbocycles. The molecule has 2 aromatic rings. The van der Waals surface area contributed by atoms with Crippen molar-refractivity contribution in [1.82, 2.24) is 15.3 Å². The number of anilines is 2. The van der Waals surface area contributed by atoms with Crippen molar-refractivity contribution in [2.75, 3.05) is 11.9 Å². The van der Waals surface area contributed by atoms with Crippen LogP contribution in [0.2, 0.25) is 0 Å². The summed E-state index contributed by atoms with van der Waals surface area (Å²) in [5.41, 5.74) is 2.84. The zero-order valence-electron chi connectivity index (χ0n) is 9.78. The number of hydrogen-bond acceptors (Lipinski definition) is 4. The predicted molar refractivity (Wildman–Crippen MR) is 67.1 cm³/mol. The van der Waals surface area contributed by atoms with Gasteiger partial charge in [-0.15, -0.1) is 0 Å². The highest BCUT2D eigenvalue weighted by Crippen LogP contribution is 2.16. The Hall–Kier alpha value is -2.01. The number of halogens is 1. The molecule has 3 rings (SSSR count). The minimum absolute atomic E-state index is 0.276. The summed E-state index contributed by atoms with van der Waals surface area (Å²) in [6.07, 6.45) is 2.71. The Bertz CT molecular complexity index is 571. The monoisotopic (exact) mass is 244 g/mol. The molecule has 2 heterocycles. The molecule has 4 nitrogen and oxygen atoms in total. The Balaban J connectivity index is 1.85. The zero-order valence-corrected chi connectivity index (χ0v) is 9.78. The van der Waals surface area contributed by atoms with Gasteiger partial charge in [-0.1, -0.05) is 6.07 Å². The van der Waals surface area contributed by atoms with Gasteiger partial charge in [-0.05, 0) is 18.2 Å². The van der Waals surface area contributed by atoms with Crippen molar-refractivity contribution >= 4 is 11.6 Å². The van der Waals surface area contributed by atoms with Crippen molar-refractivity contribution in [1.29, 1.82) is 0 Å². The van der Waals surface area contributed by atoms with Crippen LogP contribution >= 0.6 is 0 Å². The van der Waals surface area contributed by atoms with Crippen LogP contribution < -0.4 is 10.6 Å². The van der Waals surface area contributed by atoms with Gasteiger partial charge in [-0.3, -0.25) is 0 Å². The molecule has 0 atom stereocenters. The molecule has 0 radical (unpaired) electrons. The number of aromatic nitrogens is 2. The maximum absolute atomic E-state index is 13.1. The quantitative estimate of drug-likeness (QED) is 0.848. The van der Waals surface area contributed by atoms with Crippen molar-refractivity contribution < 1.29 is 4.39 Å². The topological polar surface area (TPSA) is 49.8 Å². The first-order chi connectivity index (χ1) is 8.81. The van der Waals surface area contributed by atoms with Crippen LogP contribution in [0, 0.1) is 5.82 Å². The standard InChI is InChI=1S/C13H13FN4/c14-10-2-1-3-11(6-10)17-13-16-8-9-7-15-5-4-12(9)18-13/h1-3,6,8,15H,4-5,7H2,(H,16,17,18). The number of nitrogens with zero attached hydrogens (tertiary/aromatic N) is 2. The average molecular weight is 244 g/mol. The maximum Gasteiger partial charge on any atom is 0.227 e.